The third-order valence-corrected chi connectivity index (χ3v) is 2.60. The van der Waals surface area contributed by atoms with Crippen molar-refractivity contribution < 1.29 is 0 Å². The molecule has 1 heterocycles. The molecule has 3 nitrogen and oxygen atoms in total. The summed E-state index contributed by atoms with van der Waals surface area (Å²) >= 11 is 3.31. The van der Waals surface area contributed by atoms with E-state index in [1.165, 1.54) is 0 Å². The molecule has 0 bridgehead atoms. The molecule has 0 aliphatic heterocycles. The quantitative estimate of drug-likeness (QED) is 0.842. The number of nitrogens with zero attached hydrogens (tertiary/aromatic N) is 3. The predicted octanol–water partition coefficient (Wildman–Crippen LogP) is 2.95. The first-order chi connectivity index (χ1) is 7.19. The number of pyridine rings is 1. The Morgan fingerprint density at radius 2 is 2.33 bits per heavy atom. The van der Waals surface area contributed by atoms with Crippen LogP contribution >= 0.6 is 15.9 Å². The molecule has 0 fully saturated rings. The molecule has 1 aromatic rings. The fourth-order valence-electron chi connectivity index (χ4n) is 1.32. The van der Waals surface area contributed by atoms with Gasteiger partial charge in [-0.2, -0.15) is 5.26 Å². The van der Waals surface area contributed by atoms with E-state index in [2.05, 4.69) is 33.9 Å². The zero-order valence-electron chi connectivity index (χ0n) is 9.00. The topological polar surface area (TPSA) is 39.9 Å². The highest BCUT2D eigenvalue weighted by Crippen LogP contribution is 2.20. The molecule has 0 aliphatic carbocycles. The first kappa shape index (κ1) is 12.0. The lowest BCUT2D eigenvalue weighted by Crippen LogP contribution is -2.20. The molecule has 0 unspecified atom stereocenters. The zero-order chi connectivity index (χ0) is 11.3. The van der Waals surface area contributed by atoms with Crippen LogP contribution in [0, 0.1) is 11.3 Å². The van der Waals surface area contributed by atoms with Crippen LogP contribution < -0.4 is 4.90 Å². The lowest BCUT2D eigenvalue weighted by molar-refractivity contribution is 0.758. The Labute approximate surface area is 98.9 Å². The smallest absolute Gasteiger partial charge is 0.146 e. The predicted molar refractivity (Wildman–Crippen MR) is 64.8 cm³/mol. The molecular weight excluding hydrogens is 254 g/mol. The van der Waals surface area contributed by atoms with Crippen molar-refractivity contribution in [1.82, 2.24) is 4.98 Å². The van der Waals surface area contributed by atoms with Crippen molar-refractivity contribution in [1.29, 1.82) is 5.26 Å². The minimum Gasteiger partial charge on any atom is -0.359 e. The molecule has 15 heavy (non-hydrogen) atoms. The maximum Gasteiger partial charge on any atom is 0.146 e. The van der Waals surface area contributed by atoms with Gasteiger partial charge in [0.05, 0.1) is 5.56 Å². The normalized spacial score (nSPS) is 9.73. The van der Waals surface area contributed by atoms with E-state index in [0.717, 1.165) is 29.7 Å². The molecule has 0 aliphatic rings. The Morgan fingerprint density at radius 3 is 2.93 bits per heavy atom. The number of rotatable bonds is 4. The van der Waals surface area contributed by atoms with Crippen molar-refractivity contribution in [2.24, 2.45) is 0 Å². The second kappa shape index (κ2) is 5.72. The van der Waals surface area contributed by atoms with Crippen LogP contribution in [0.4, 0.5) is 5.82 Å². The second-order valence-corrected chi connectivity index (χ2v) is 4.33. The third-order valence-electron chi connectivity index (χ3n) is 2.16. The lowest BCUT2D eigenvalue weighted by Gasteiger charge is -2.18. The Morgan fingerprint density at radius 1 is 1.60 bits per heavy atom. The first-order valence-corrected chi connectivity index (χ1v) is 5.75. The summed E-state index contributed by atoms with van der Waals surface area (Å²) in [6.45, 7) is 3.08. The van der Waals surface area contributed by atoms with E-state index in [-0.39, 0.29) is 0 Å². The van der Waals surface area contributed by atoms with Gasteiger partial charge in [-0.1, -0.05) is 13.3 Å². The van der Waals surface area contributed by atoms with Gasteiger partial charge in [-0.15, -0.1) is 0 Å². The summed E-state index contributed by atoms with van der Waals surface area (Å²) in [7, 11) is 1.97. The molecule has 0 saturated carbocycles. The highest BCUT2D eigenvalue weighted by Gasteiger charge is 2.08. The van der Waals surface area contributed by atoms with Crippen molar-refractivity contribution in [2.45, 2.75) is 19.8 Å². The lowest BCUT2D eigenvalue weighted by atomic mass is 10.2. The molecule has 80 valence electrons. The van der Waals surface area contributed by atoms with E-state index >= 15 is 0 Å². The van der Waals surface area contributed by atoms with Gasteiger partial charge in [0.25, 0.3) is 0 Å². The van der Waals surface area contributed by atoms with Crippen LogP contribution in [-0.2, 0) is 0 Å². The van der Waals surface area contributed by atoms with Gasteiger partial charge in [0.15, 0.2) is 0 Å². The molecule has 0 amide bonds. The van der Waals surface area contributed by atoms with Crippen LogP contribution in [0.25, 0.3) is 0 Å². The summed E-state index contributed by atoms with van der Waals surface area (Å²) in [6, 6.07) is 3.96. The van der Waals surface area contributed by atoms with Crippen LogP contribution in [0.5, 0.6) is 0 Å². The van der Waals surface area contributed by atoms with Crippen LogP contribution in [0.3, 0.4) is 0 Å². The number of aromatic nitrogens is 1. The standard InChI is InChI=1S/C11H14BrN3/c1-3-4-5-15(2)11-9(7-13)6-10(12)8-14-11/h6,8H,3-5H2,1-2H3. The summed E-state index contributed by atoms with van der Waals surface area (Å²) in [5.74, 6) is 0.758. The molecule has 1 aromatic heterocycles. The second-order valence-electron chi connectivity index (χ2n) is 3.41. The Hall–Kier alpha value is -1.08. The summed E-state index contributed by atoms with van der Waals surface area (Å²) in [5, 5.41) is 8.98. The molecular formula is C11H14BrN3. The molecule has 1 rings (SSSR count). The maximum absolute atomic E-state index is 8.98. The largest absolute Gasteiger partial charge is 0.359 e. The maximum atomic E-state index is 8.98. The highest BCUT2D eigenvalue weighted by atomic mass is 79.9. The molecule has 0 saturated heterocycles. The zero-order valence-corrected chi connectivity index (χ0v) is 10.6. The average Bonchev–Trinajstić information content (AvgIpc) is 2.25. The fraction of sp³-hybridized carbons (Fsp3) is 0.455. The summed E-state index contributed by atoms with van der Waals surface area (Å²) in [4.78, 5) is 6.28. The first-order valence-electron chi connectivity index (χ1n) is 4.95. The van der Waals surface area contributed by atoms with Gasteiger partial charge < -0.3 is 4.90 Å². The van der Waals surface area contributed by atoms with Crippen LogP contribution in [-0.4, -0.2) is 18.6 Å². The van der Waals surface area contributed by atoms with Gasteiger partial charge in [-0.3, -0.25) is 0 Å². The van der Waals surface area contributed by atoms with Gasteiger partial charge in [0, 0.05) is 24.3 Å². The van der Waals surface area contributed by atoms with Gasteiger partial charge >= 0.3 is 0 Å². The monoisotopic (exact) mass is 267 g/mol. The number of nitriles is 1. The number of halogens is 1. The molecule has 0 spiro atoms. The van der Waals surface area contributed by atoms with Crippen LogP contribution in [0.2, 0.25) is 0 Å². The van der Waals surface area contributed by atoms with Gasteiger partial charge in [0.1, 0.15) is 11.9 Å². The molecule has 0 radical (unpaired) electrons. The van der Waals surface area contributed by atoms with Crippen molar-refractivity contribution >= 4 is 21.7 Å². The minimum atomic E-state index is 0.614. The van der Waals surface area contributed by atoms with Crippen LogP contribution in [0.15, 0.2) is 16.7 Å². The van der Waals surface area contributed by atoms with Gasteiger partial charge in [-0.25, -0.2) is 4.98 Å². The Kier molecular flexibility index (Phi) is 4.57. The van der Waals surface area contributed by atoms with E-state index < -0.39 is 0 Å². The molecule has 0 aromatic carbocycles. The van der Waals surface area contributed by atoms with Gasteiger partial charge in [0.2, 0.25) is 0 Å². The average molecular weight is 268 g/mol. The fourth-order valence-corrected chi connectivity index (χ4v) is 1.65. The summed E-state index contributed by atoms with van der Waals surface area (Å²) in [6.07, 6.45) is 3.97. The number of unbranched alkanes of at least 4 members (excludes halogenated alkanes) is 1. The summed E-state index contributed by atoms with van der Waals surface area (Å²) in [5.41, 5.74) is 0.614. The van der Waals surface area contributed by atoms with E-state index in [9.17, 15) is 0 Å². The van der Waals surface area contributed by atoms with E-state index in [1.54, 1.807) is 12.3 Å². The molecule has 0 atom stereocenters. The third kappa shape index (κ3) is 3.21. The molecule has 4 heteroatoms. The summed E-state index contributed by atoms with van der Waals surface area (Å²) < 4.78 is 0.840. The van der Waals surface area contributed by atoms with E-state index in [4.69, 9.17) is 5.26 Å². The van der Waals surface area contributed by atoms with Crippen molar-refractivity contribution in [3.05, 3.63) is 22.3 Å². The SMILES string of the molecule is CCCCN(C)c1ncc(Br)cc1C#N. The number of hydrogen-bond acceptors (Lipinski definition) is 3. The molecule has 0 N–H and O–H groups in total. The highest BCUT2D eigenvalue weighted by molar-refractivity contribution is 9.10. The Balaban J connectivity index is 2.89. The minimum absolute atomic E-state index is 0.614. The van der Waals surface area contributed by atoms with Crippen molar-refractivity contribution in [3.8, 4) is 6.07 Å². The van der Waals surface area contributed by atoms with E-state index in [0.29, 0.717) is 5.56 Å². The Bertz CT molecular complexity index is 371. The van der Waals surface area contributed by atoms with Crippen molar-refractivity contribution in [3.63, 3.8) is 0 Å². The van der Waals surface area contributed by atoms with Gasteiger partial charge in [-0.05, 0) is 28.4 Å². The number of hydrogen-bond donors (Lipinski definition) is 0. The number of anilines is 1. The van der Waals surface area contributed by atoms with E-state index in [1.807, 2.05) is 11.9 Å². The van der Waals surface area contributed by atoms with Crippen LogP contribution in [0.1, 0.15) is 25.3 Å². The van der Waals surface area contributed by atoms with Crippen molar-refractivity contribution in [2.75, 3.05) is 18.5 Å².